The predicted molar refractivity (Wildman–Crippen MR) is 70.3 cm³/mol. The Labute approximate surface area is 106 Å². The number of aromatic nitrogens is 2. The van der Waals surface area contributed by atoms with E-state index in [0.717, 1.165) is 10.6 Å². The second-order valence-electron chi connectivity index (χ2n) is 4.17. The lowest BCUT2D eigenvalue weighted by molar-refractivity contribution is 0.474. The maximum atomic E-state index is 9.38. The SMILES string of the molecule is CC(C)n1cncc1CSc1cccc(O)c1. The highest BCUT2D eigenvalue weighted by atomic mass is 32.2. The Morgan fingerprint density at radius 3 is 2.94 bits per heavy atom. The highest BCUT2D eigenvalue weighted by molar-refractivity contribution is 7.98. The largest absolute Gasteiger partial charge is 0.508 e. The molecule has 2 rings (SSSR count). The molecule has 0 aliphatic rings. The average molecular weight is 248 g/mol. The van der Waals surface area contributed by atoms with Gasteiger partial charge in [-0.1, -0.05) is 6.07 Å². The van der Waals surface area contributed by atoms with E-state index in [1.54, 1.807) is 23.9 Å². The van der Waals surface area contributed by atoms with Crippen molar-refractivity contribution in [3.05, 3.63) is 42.5 Å². The monoisotopic (exact) mass is 248 g/mol. The van der Waals surface area contributed by atoms with Gasteiger partial charge in [-0.25, -0.2) is 4.98 Å². The van der Waals surface area contributed by atoms with Crippen LogP contribution in [0.4, 0.5) is 0 Å². The molecular weight excluding hydrogens is 232 g/mol. The van der Waals surface area contributed by atoms with Gasteiger partial charge < -0.3 is 9.67 Å². The minimum atomic E-state index is 0.312. The van der Waals surface area contributed by atoms with E-state index in [-0.39, 0.29) is 0 Å². The van der Waals surface area contributed by atoms with E-state index in [0.29, 0.717) is 11.8 Å². The van der Waals surface area contributed by atoms with Crippen LogP contribution < -0.4 is 0 Å². The van der Waals surface area contributed by atoms with Crippen molar-refractivity contribution in [2.45, 2.75) is 30.5 Å². The number of phenols is 1. The summed E-state index contributed by atoms with van der Waals surface area (Å²) in [5.74, 6) is 1.18. The Morgan fingerprint density at radius 2 is 2.24 bits per heavy atom. The summed E-state index contributed by atoms with van der Waals surface area (Å²) in [6, 6.07) is 7.75. The van der Waals surface area contributed by atoms with Gasteiger partial charge >= 0.3 is 0 Å². The van der Waals surface area contributed by atoms with Crippen molar-refractivity contribution in [1.29, 1.82) is 0 Å². The van der Waals surface area contributed by atoms with E-state index in [2.05, 4.69) is 23.4 Å². The summed E-state index contributed by atoms with van der Waals surface area (Å²) in [7, 11) is 0. The van der Waals surface area contributed by atoms with Crippen LogP contribution in [0.25, 0.3) is 0 Å². The molecule has 90 valence electrons. The van der Waals surface area contributed by atoms with Gasteiger partial charge in [0, 0.05) is 28.6 Å². The highest BCUT2D eigenvalue weighted by Gasteiger charge is 2.05. The minimum Gasteiger partial charge on any atom is -0.508 e. The number of benzene rings is 1. The molecule has 1 N–H and O–H groups in total. The molecule has 1 heterocycles. The smallest absolute Gasteiger partial charge is 0.116 e. The zero-order valence-corrected chi connectivity index (χ0v) is 10.8. The number of rotatable bonds is 4. The van der Waals surface area contributed by atoms with Crippen molar-refractivity contribution in [3.63, 3.8) is 0 Å². The number of hydrogen-bond acceptors (Lipinski definition) is 3. The first-order chi connectivity index (χ1) is 8.16. The fourth-order valence-electron chi connectivity index (χ4n) is 1.64. The first kappa shape index (κ1) is 12.0. The second-order valence-corrected chi connectivity index (χ2v) is 5.22. The number of nitrogens with zero attached hydrogens (tertiary/aromatic N) is 2. The van der Waals surface area contributed by atoms with Gasteiger partial charge in [0.2, 0.25) is 0 Å². The van der Waals surface area contributed by atoms with Gasteiger partial charge in [0.1, 0.15) is 5.75 Å². The molecule has 2 aromatic rings. The fraction of sp³-hybridized carbons (Fsp3) is 0.308. The lowest BCUT2D eigenvalue weighted by Gasteiger charge is -2.11. The van der Waals surface area contributed by atoms with Crippen molar-refractivity contribution < 1.29 is 5.11 Å². The van der Waals surface area contributed by atoms with Gasteiger partial charge in [-0.2, -0.15) is 0 Å². The standard InChI is InChI=1S/C13H16N2OS/c1-10(2)15-9-14-7-11(15)8-17-13-5-3-4-12(16)6-13/h3-7,9-10,16H,8H2,1-2H3. The Morgan fingerprint density at radius 1 is 1.41 bits per heavy atom. The molecule has 0 unspecified atom stereocenters. The third-order valence-electron chi connectivity index (χ3n) is 2.51. The molecule has 0 atom stereocenters. The van der Waals surface area contributed by atoms with Crippen LogP contribution in [0.1, 0.15) is 25.6 Å². The molecule has 0 fully saturated rings. The zero-order chi connectivity index (χ0) is 12.3. The number of phenolic OH excluding ortho intramolecular Hbond substituents is 1. The number of hydrogen-bond donors (Lipinski definition) is 1. The van der Waals surface area contributed by atoms with Gasteiger partial charge in [-0.15, -0.1) is 11.8 Å². The van der Waals surface area contributed by atoms with Gasteiger partial charge in [-0.3, -0.25) is 0 Å². The lowest BCUT2D eigenvalue weighted by atomic mass is 10.3. The van der Waals surface area contributed by atoms with Gasteiger partial charge in [0.05, 0.1) is 6.33 Å². The topological polar surface area (TPSA) is 38.0 Å². The first-order valence-corrected chi connectivity index (χ1v) is 6.58. The zero-order valence-electron chi connectivity index (χ0n) is 10.00. The van der Waals surface area contributed by atoms with Crippen molar-refractivity contribution in [2.24, 2.45) is 0 Å². The molecule has 0 aliphatic heterocycles. The molecule has 0 saturated carbocycles. The predicted octanol–water partition coefficient (Wildman–Crippen LogP) is 3.46. The van der Waals surface area contributed by atoms with Gasteiger partial charge in [0.25, 0.3) is 0 Å². The van der Waals surface area contributed by atoms with Gasteiger partial charge in [0.15, 0.2) is 0 Å². The number of imidazole rings is 1. The summed E-state index contributed by atoms with van der Waals surface area (Å²) in [4.78, 5) is 5.24. The second kappa shape index (κ2) is 5.27. The van der Waals surface area contributed by atoms with Crippen molar-refractivity contribution >= 4 is 11.8 Å². The normalized spacial score (nSPS) is 11.0. The molecule has 1 aromatic carbocycles. The summed E-state index contributed by atoms with van der Waals surface area (Å²) in [6.45, 7) is 4.29. The lowest BCUT2D eigenvalue weighted by Crippen LogP contribution is -2.02. The van der Waals surface area contributed by atoms with Crippen LogP contribution in [0.2, 0.25) is 0 Å². The third-order valence-corrected chi connectivity index (χ3v) is 3.53. The molecular formula is C13H16N2OS. The van der Waals surface area contributed by atoms with E-state index in [1.165, 1.54) is 5.69 Å². The van der Waals surface area contributed by atoms with Crippen LogP contribution in [-0.2, 0) is 5.75 Å². The minimum absolute atomic E-state index is 0.312. The summed E-state index contributed by atoms with van der Waals surface area (Å²) in [5.41, 5.74) is 1.20. The fourth-order valence-corrected chi connectivity index (χ4v) is 2.56. The van der Waals surface area contributed by atoms with Crippen LogP contribution >= 0.6 is 11.8 Å². The van der Waals surface area contributed by atoms with Crippen LogP contribution in [-0.4, -0.2) is 14.7 Å². The van der Waals surface area contributed by atoms with Crippen LogP contribution in [0.5, 0.6) is 5.75 Å². The molecule has 0 radical (unpaired) electrons. The van der Waals surface area contributed by atoms with E-state index in [4.69, 9.17) is 0 Å². The summed E-state index contributed by atoms with van der Waals surface area (Å²) in [5, 5.41) is 9.38. The maximum Gasteiger partial charge on any atom is 0.116 e. The summed E-state index contributed by atoms with van der Waals surface area (Å²) >= 11 is 1.70. The maximum absolute atomic E-state index is 9.38. The molecule has 0 aliphatic carbocycles. The van der Waals surface area contributed by atoms with E-state index >= 15 is 0 Å². The Kier molecular flexibility index (Phi) is 3.74. The van der Waals surface area contributed by atoms with Crippen molar-refractivity contribution in [3.8, 4) is 5.75 Å². The quantitative estimate of drug-likeness (QED) is 0.842. The molecule has 0 spiro atoms. The van der Waals surface area contributed by atoms with E-state index in [1.807, 2.05) is 24.7 Å². The average Bonchev–Trinajstić information content (AvgIpc) is 2.74. The molecule has 3 nitrogen and oxygen atoms in total. The Bertz CT molecular complexity index is 494. The highest BCUT2D eigenvalue weighted by Crippen LogP contribution is 2.26. The Hall–Kier alpha value is -1.42. The molecule has 17 heavy (non-hydrogen) atoms. The molecule has 1 aromatic heterocycles. The van der Waals surface area contributed by atoms with E-state index in [9.17, 15) is 5.11 Å². The van der Waals surface area contributed by atoms with Crippen molar-refractivity contribution in [1.82, 2.24) is 9.55 Å². The van der Waals surface area contributed by atoms with Crippen LogP contribution in [0, 0.1) is 0 Å². The molecule has 4 heteroatoms. The summed E-state index contributed by atoms with van der Waals surface area (Å²) in [6.07, 6.45) is 3.76. The molecule has 0 saturated heterocycles. The number of thioether (sulfide) groups is 1. The van der Waals surface area contributed by atoms with Crippen LogP contribution in [0.3, 0.4) is 0 Å². The summed E-state index contributed by atoms with van der Waals surface area (Å²) < 4.78 is 2.16. The van der Waals surface area contributed by atoms with E-state index < -0.39 is 0 Å². The molecule has 0 amide bonds. The van der Waals surface area contributed by atoms with Crippen molar-refractivity contribution in [2.75, 3.05) is 0 Å². The third kappa shape index (κ3) is 3.03. The Balaban J connectivity index is 2.05. The molecule has 0 bridgehead atoms. The van der Waals surface area contributed by atoms with Crippen LogP contribution in [0.15, 0.2) is 41.7 Å². The number of aromatic hydroxyl groups is 1. The first-order valence-electron chi connectivity index (χ1n) is 5.59. The van der Waals surface area contributed by atoms with Gasteiger partial charge in [-0.05, 0) is 32.0 Å².